The molecule has 0 heterocycles. The first-order valence-corrected chi connectivity index (χ1v) is 8.83. The van der Waals surface area contributed by atoms with E-state index < -0.39 is 7.14 Å². The summed E-state index contributed by atoms with van der Waals surface area (Å²) in [5.41, 5.74) is 5.84. The second-order valence-electron chi connectivity index (χ2n) is 3.85. The molecule has 5 heteroatoms. The highest BCUT2D eigenvalue weighted by molar-refractivity contribution is 8.17. The van der Waals surface area contributed by atoms with Gasteiger partial charge in [0, 0.05) is 12.3 Å². The van der Waals surface area contributed by atoms with Gasteiger partial charge in [-0.25, -0.2) is 0 Å². The van der Waals surface area contributed by atoms with Gasteiger partial charge in [-0.2, -0.15) is 0 Å². The summed E-state index contributed by atoms with van der Waals surface area (Å²) in [4.78, 5) is 0. The van der Waals surface area contributed by atoms with E-state index in [9.17, 15) is 4.57 Å². The number of thioether (sulfide) groups is 1. The quantitative estimate of drug-likeness (QED) is 0.393. The van der Waals surface area contributed by atoms with Crippen molar-refractivity contribution in [2.24, 2.45) is 5.73 Å². The molecular formula is C10H23N2OPS. The van der Waals surface area contributed by atoms with E-state index in [0.29, 0.717) is 5.49 Å². The van der Waals surface area contributed by atoms with Crippen LogP contribution in [0.15, 0.2) is 0 Å². The second-order valence-corrected chi connectivity index (χ2v) is 8.62. The van der Waals surface area contributed by atoms with Gasteiger partial charge in [0.05, 0.1) is 12.6 Å². The molecular weight excluding hydrogens is 227 g/mol. The van der Waals surface area contributed by atoms with Crippen LogP contribution in [0.25, 0.3) is 0 Å². The van der Waals surface area contributed by atoms with Crippen molar-refractivity contribution in [1.29, 1.82) is 5.41 Å². The molecule has 15 heavy (non-hydrogen) atoms. The smallest absolute Gasteiger partial charge is 0.151 e. The number of nitrogens with two attached hydrogens (primary N) is 1. The van der Waals surface area contributed by atoms with Crippen LogP contribution in [0.3, 0.4) is 0 Å². The van der Waals surface area contributed by atoms with Gasteiger partial charge < -0.3 is 10.3 Å². The first-order valence-electron chi connectivity index (χ1n) is 5.58. The van der Waals surface area contributed by atoms with Gasteiger partial charge in [0.25, 0.3) is 0 Å². The molecule has 0 amide bonds. The number of nitrogens with one attached hydrogen (secondary N) is 1. The number of unbranched alkanes of at least 4 members (excludes halogenated alkanes) is 2. The number of hydrogen-bond acceptors (Lipinski definition) is 3. The van der Waals surface area contributed by atoms with Crippen LogP contribution in [-0.4, -0.2) is 23.0 Å². The Bertz CT molecular complexity index is 221. The molecule has 0 spiro atoms. The molecule has 0 saturated heterocycles. The van der Waals surface area contributed by atoms with Gasteiger partial charge in [0.1, 0.15) is 0 Å². The third-order valence-corrected chi connectivity index (χ3v) is 7.27. The van der Waals surface area contributed by atoms with Gasteiger partial charge in [-0.3, -0.25) is 5.41 Å². The van der Waals surface area contributed by atoms with Crippen molar-refractivity contribution in [3.8, 4) is 0 Å². The van der Waals surface area contributed by atoms with E-state index in [1.54, 1.807) is 0 Å². The molecule has 0 saturated carbocycles. The highest BCUT2D eigenvalue weighted by Gasteiger charge is 2.21. The van der Waals surface area contributed by atoms with Crippen molar-refractivity contribution in [3.63, 3.8) is 0 Å². The highest BCUT2D eigenvalue weighted by atomic mass is 32.2. The first kappa shape index (κ1) is 15.0. The molecule has 0 fully saturated rings. The maximum atomic E-state index is 12.5. The van der Waals surface area contributed by atoms with Crippen LogP contribution in [0.2, 0.25) is 0 Å². The molecule has 0 aliphatic heterocycles. The third kappa shape index (κ3) is 7.92. The summed E-state index contributed by atoms with van der Waals surface area (Å²) in [7, 11) is -2.06. The first-order chi connectivity index (χ1) is 7.04. The fourth-order valence-electron chi connectivity index (χ4n) is 1.32. The van der Waals surface area contributed by atoms with Gasteiger partial charge in [-0.1, -0.05) is 38.5 Å². The lowest BCUT2D eigenvalue weighted by molar-refractivity contribution is 0.573. The third-order valence-electron chi connectivity index (χ3n) is 2.29. The summed E-state index contributed by atoms with van der Waals surface area (Å²) in [6.07, 6.45) is 5.87. The van der Waals surface area contributed by atoms with E-state index in [2.05, 4.69) is 13.8 Å². The lowest BCUT2D eigenvalue weighted by Gasteiger charge is -2.16. The summed E-state index contributed by atoms with van der Waals surface area (Å²) in [6, 6.07) is 0. The molecule has 0 aromatic heterocycles. The molecule has 0 aromatic carbocycles. The molecule has 0 aliphatic carbocycles. The maximum absolute atomic E-state index is 12.5. The molecule has 0 unspecified atom stereocenters. The summed E-state index contributed by atoms with van der Waals surface area (Å²) >= 11 is 1.24. The van der Waals surface area contributed by atoms with E-state index in [0.717, 1.165) is 38.0 Å². The number of amidine groups is 1. The largest absolute Gasteiger partial charge is 0.379 e. The Balaban J connectivity index is 4.13. The molecule has 3 nitrogen and oxygen atoms in total. The van der Waals surface area contributed by atoms with Gasteiger partial charge in [0.2, 0.25) is 0 Å². The van der Waals surface area contributed by atoms with E-state index >= 15 is 0 Å². The predicted molar refractivity (Wildman–Crippen MR) is 71.5 cm³/mol. The predicted octanol–water partition coefficient (Wildman–Crippen LogP) is 3.53. The van der Waals surface area contributed by atoms with Gasteiger partial charge in [-0.05, 0) is 12.8 Å². The van der Waals surface area contributed by atoms with Crippen molar-refractivity contribution in [1.82, 2.24) is 0 Å². The van der Waals surface area contributed by atoms with Crippen molar-refractivity contribution in [2.45, 2.75) is 39.5 Å². The van der Waals surface area contributed by atoms with Crippen LogP contribution in [0.5, 0.6) is 0 Å². The van der Waals surface area contributed by atoms with Crippen LogP contribution in [0.1, 0.15) is 39.5 Å². The summed E-state index contributed by atoms with van der Waals surface area (Å²) < 4.78 is 12.5. The monoisotopic (exact) mass is 250 g/mol. The summed E-state index contributed by atoms with van der Waals surface area (Å²) in [5.74, 6) is 0. The number of hydrogen-bond donors (Lipinski definition) is 2. The molecule has 0 bridgehead atoms. The van der Waals surface area contributed by atoms with Crippen molar-refractivity contribution < 1.29 is 4.57 Å². The molecule has 0 aliphatic rings. The second kappa shape index (κ2) is 8.23. The zero-order chi connectivity index (χ0) is 11.7. The topological polar surface area (TPSA) is 66.9 Å². The molecule has 0 radical (unpaired) electrons. The van der Waals surface area contributed by atoms with Gasteiger partial charge >= 0.3 is 0 Å². The van der Waals surface area contributed by atoms with Crippen LogP contribution in [0, 0.1) is 5.41 Å². The SMILES string of the molecule is CCCCP(=O)(CCCC)CSC(=N)N. The Labute approximate surface area is 97.5 Å². The highest BCUT2D eigenvalue weighted by Crippen LogP contribution is 2.50. The summed E-state index contributed by atoms with van der Waals surface area (Å²) in [5, 5.41) is 7.23. The Morgan fingerprint density at radius 3 is 2.07 bits per heavy atom. The number of rotatable bonds is 8. The van der Waals surface area contributed by atoms with Gasteiger partial charge in [-0.15, -0.1) is 0 Å². The van der Waals surface area contributed by atoms with Crippen LogP contribution in [-0.2, 0) is 4.57 Å². The van der Waals surface area contributed by atoms with Crippen molar-refractivity contribution in [3.05, 3.63) is 0 Å². The van der Waals surface area contributed by atoms with E-state index in [4.69, 9.17) is 11.1 Å². The molecule has 0 rings (SSSR count). The average Bonchev–Trinajstić information content (AvgIpc) is 2.21. The molecule has 90 valence electrons. The maximum Gasteiger partial charge on any atom is 0.151 e. The zero-order valence-corrected chi connectivity index (χ0v) is 11.5. The lowest BCUT2D eigenvalue weighted by atomic mass is 10.4. The van der Waals surface area contributed by atoms with Crippen molar-refractivity contribution >= 4 is 24.1 Å². The molecule has 0 aromatic rings. The van der Waals surface area contributed by atoms with Crippen LogP contribution in [0.4, 0.5) is 0 Å². The molecule has 0 atom stereocenters. The normalized spacial score (nSPS) is 11.6. The van der Waals surface area contributed by atoms with E-state index in [-0.39, 0.29) is 5.17 Å². The Morgan fingerprint density at radius 2 is 1.73 bits per heavy atom. The van der Waals surface area contributed by atoms with Gasteiger partial charge in [0.15, 0.2) is 5.17 Å². The minimum atomic E-state index is -2.06. The molecule has 3 N–H and O–H groups in total. The minimum Gasteiger partial charge on any atom is -0.379 e. The van der Waals surface area contributed by atoms with Crippen molar-refractivity contribution in [2.75, 3.05) is 17.8 Å². The Morgan fingerprint density at radius 1 is 1.27 bits per heavy atom. The summed E-state index contributed by atoms with van der Waals surface area (Å²) in [6.45, 7) is 4.23. The van der Waals surface area contributed by atoms with Crippen LogP contribution < -0.4 is 5.73 Å². The van der Waals surface area contributed by atoms with E-state index in [1.165, 1.54) is 11.8 Å². The minimum absolute atomic E-state index is 0.0863. The fraction of sp³-hybridized carbons (Fsp3) is 0.900. The average molecular weight is 250 g/mol. The van der Waals surface area contributed by atoms with Crippen LogP contribution >= 0.6 is 18.9 Å². The van der Waals surface area contributed by atoms with E-state index in [1.807, 2.05) is 0 Å². The standard InChI is InChI=1S/C10H23N2OPS/c1-3-5-7-14(13,8-6-4-2)9-15-10(11)12/h3-9H2,1-2H3,(H3,11,12). The Hall–Kier alpha value is 0.0500. The Kier molecular flexibility index (Phi) is 8.26. The lowest BCUT2D eigenvalue weighted by Crippen LogP contribution is -2.07. The fourth-order valence-corrected chi connectivity index (χ4v) is 5.86. The zero-order valence-electron chi connectivity index (χ0n) is 9.79.